The van der Waals surface area contributed by atoms with Crippen LogP contribution in [0.5, 0.6) is 0 Å². The lowest BCUT2D eigenvalue weighted by molar-refractivity contribution is -0.000805. The van der Waals surface area contributed by atoms with Crippen LogP contribution in [0, 0.1) is 0 Å². The minimum absolute atomic E-state index is 0.191. The Morgan fingerprint density at radius 3 is 2.65 bits per heavy atom. The van der Waals surface area contributed by atoms with Crippen molar-refractivity contribution < 1.29 is 24.9 Å². The first-order chi connectivity index (χ1) is 12.2. The Morgan fingerprint density at radius 2 is 2.04 bits per heavy atom. The van der Waals surface area contributed by atoms with Gasteiger partial charge in [-0.05, 0) is 20.8 Å². The van der Waals surface area contributed by atoms with Gasteiger partial charge in [-0.15, -0.1) is 0 Å². The van der Waals surface area contributed by atoms with Crippen molar-refractivity contribution in [1.82, 2.24) is 19.9 Å². The maximum Gasteiger partial charge on any atom is 0.411 e. The van der Waals surface area contributed by atoms with Crippen molar-refractivity contribution in [2.45, 2.75) is 50.7 Å². The number of likely N-dealkylation sites (tertiary alicyclic amines) is 1. The summed E-state index contributed by atoms with van der Waals surface area (Å²) in [6.07, 6.45) is -0.636. The van der Waals surface area contributed by atoms with Crippen molar-refractivity contribution in [2.24, 2.45) is 0 Å². The minimum atomic E-state index is -1.35. The Hall–Kier alpha value is -1.94. The second-order valence-electron chi connectivity index (χ2n) is 7.20. The van der Waals surface area contributed by atoms with Gasteiger partial charge in [0.1, 0.15) is 29.7 Å². The maximum atomic E-state index is 12.7. The van der Waals surface area contributed by atoms with E-state index in [1.54, 1.807) is 27.0 Å². The SMILES string of the molecule is CC(C)(C)OC(=O)N1[C@@H](CO)[C@@H](O)[C@@H](O)[C@@H]1c1c[nH]c2c(Cl)ncnc12. The second kappa shape index (κ2) is 6.66. The summed E-state index contributed by atoms with van der Waals surface area (Å²) in [5, 5.41) is 30.8. The number of halogens is 1. The van der Waals surface area contributed by atoms with Crippen LogP contribution in [0.15, 0.2) is 12.5 Å². The summed E-state index contributed by atoms with van der Waals surface area (Å²) < 4.78 is 5.40. The molecular weight excluding hydrogens is 364 g/mol. The number of hydrogen-bond donors (Lipinski definition) is 4. The Labute approximate surface area is 154 Å². The van der Waals surface area contributed by atoms with Gasteiger partial charge in [-0.3, -0.25) is 4.90 Å². The average molecular weight is 385 g/mol. The first kappa shape index (κ1) is 18.8. The zero-order valence-electron chi connectivity index (χ0n) is 14.5. The maximum absolute atomic E-state index is 12.7. The van der Waals surface area contributed by atoms with Gasteiger partial charge in [0.15, 0.2) is 5.15 Å². The first-order valence-electron chi connectivity index (χ1n) is 8.11. The highest BCUT2D eigenvalue weighted by molar-refractivity contribution is 6.33. The van der Waals surface area contributed by atoms with Crippen molar-refractivity contribution in [1.29, 1.82) is 0 Å². The summed E-state index contributed by atoms with van der Waals surface area (Å²) in [5.74, 6) is 0. The van der Waals surface area contributed by atoms with Gasteiger partial charge in [0.25, 0.3) is 0 Å². The molecule has 2 aromatic rings. The number of nitrogens with zero attached hydrogens (tertiary/aromatic N) is 3. The summed E-state index contributed by atoms with van der Waals surface area (Å²) >= 11 is 6.04. The predicted octanol–water partition coefficient (Wildman–Crippen LogP) is 0.986. The lowest BCUT2D eigenvalue weighted by Gasteiger charge is -2.32. The van der Waals surface area contributed by atoms with Crippen LogP contribution in [0.4, 0.5) is 4.79 Å². The number of amides is 1. The highest BCUT2D eigenvalue weighted by atomic mass is 35.5. The van der Waals surface area contributed by atoms with E-state index in [-0.39, 0.29) is 5.15 Å². The number of hydrogen-bond acceptors (Lipinski definition) is 7. The lowest BCUT2D eigenvalue weighted by Crippen LogP contribution is -2.45. The molecule has 4 atom stereocenters. The van der Waals surface area contributed by atoms with Crippen molar-refractivity contribution in [2.75, 3.05) is 6.61 Å². The number of aromatic amines is 1. The molecule has 3 heterocycles. The number of aromatic nitrogens is 3. The highest BCUT2D eigenvalue weighted by Gasteiger charge is 2.52. The van der Waals surface area contributed by atoms with E-state index in [2.05, 4.69) is 15.0 Å². The van der Waals surface area contributed by atoms with Gasteiger partial charge in [0.05, 0.1) is 24.2 Å². The molecular formula is C16H21ClN4O5. The molecule has 0 aliphatic carbocycles. The molecule has 1 fully saturated rings. The van der Waals surface area contributed by atoms with Crippen LogP contribution in [-0.2, 0) is 4.74 Å². The molecule has 0 radical (unpaired) electrons. The molecule has 1 saturated heterocycles. The van der Waals surface area contributed by atoms with Crippen LogP contribution < -0.4 is 0 Å². The summed E-state index contributed by atoms with van der Waals surface area (Å²) in [5.41, 5.74) is 0.514. The minimum Gasteiger partial charge on any atom is -0.444 e. The molecule has 10 heteroatoms. The normalized spacial score (nSPS) is 26.5. The second-order valence-corrected chi connectivity index (χ2v) is 7.55. The average Bonchev–Trinajstić information content (AvgIpc) is 3.07. The third-order valence-electron chi connectivity index (χ3n) is 4.28. The number of aliphatic hydroxyl groups is 3. The van der Waals surface area contributed by atoms with Gasteiger partial charge in [0, 0.05) is 11.8 Å². The fourth-order valence-electron chi connectivity index (χ4n) is 3.20. The molecule has 4 N–H and O–H groups in total. The molecule has 1 aliphatic heterocycles. The number of ether oxygens (including phenoxy) is 1. The monoisotopic (exact) mass is 384 g/mol. The number of nitrogens with one attached hydrogen (secondary N) is 1. The number of H-pyrrole nitrogens is 1. The van der Waals surface area contributed by atoms with E-state index in [1.165, 1.54) is 6.33 Å². The molecule has 0 saturated carbocycles. The molecule has 2 aromatic heterocycles. The van der Waals surface area contributed by atoms with Crippen LogP contribution >= 0.6 is 11.6 Å². The fraction of sp³-hybridized carbons (Fsp3) is 0.562. The van der Waals surface area contributed by atoms with Crippen molar-refractivity contribution >= 4 is 28.7 Å². The van der Waals surface area contributed by atoms with E-state index < -0.39 is 42.6 Å². The van der Waals surface area contributed by atoms with E-state index >= 15 is 0 Å². The zero-order chi connectivity index (χ0) is 19.2. The van der Waals surface area contributed by atoms with Gasteiger partial charge < -0.3 is 25.0 Å². The molecule has 142 valence electrons. The summed E-state index contributed by atoms with van der Waals surface area (Å²) in [6.45, 7) is 4.58. The standard InChI is InChI=1S/C16H21ClN4O5/c1-16(2,3)26-15(25)21-8(5-22)12(23)13(24)11(21)7-4-18-10-9(7)19-6-20-14(10)17/h4,6,8,11-13,18,22-24H,5H2,1-3H3/t8-,11-,12+,13-/m0/s1. The molecule has 1 amide bonds. The van der Waals surface area contributed by atoms with Gasteiger partial charge in [-0.2, -0.15) is 0 Å². The van der Waals surface area contributed by atoms with Crippen LogP contribution in [0.1, 0.15) is 32.4 Å². The molecule has 0 spiro atoms. The van der Waals surface area contributed by atoms with Gasteiger partial charge in [-0.25, -0.2) is 14.8 Å². The molecule has 0 aromatic carbocycles. The Balaban J connectivity index is 2.09. The molecule has 0 bridgehead atoms. The predicted molar refractivity (Wildman–Crippen MR) is 92.6 cm³/mol. The van der Waals surface area contributed by atoms with Crippen molar-refractivity contribution in [3.8, 4) is 0 Å². The molecule has 0 unspecified atom stereocenters. The number of rotatable bonds is 2. The summed E-state index contributed by atoms with van der Waals surface area (Å²) in [7, 11) is 0. The first-order valence-corrected chi connectivity index (χ1v) is 8.49. The third kappa shape index (κ3) is 3.11. The number of fused-ring (bicyclic) bond motifs is 1. The van der Waals surface area contributed by atoms with Crippen molar-refractivity contribution in [3.05, 3.63) is 23.2 Å². The number of aliphatic hydroxyl groups excluding tert-OH is 3. The molecule has 9 nitrogen and oxygen atoms in total. The van der Waals surface area contributed by atoms with E-state index in [1.807, 2.05) is 0 Å². The van der Waals surface area contributed by atoms with Crippen LogP contribution in [-0.4, -0.2) is 71.7 Å². The summed E-state index contributed by atoms with van der Waals surface area (Å²) in [6, 6.07) is -2.00. The Morgan fingerprint density at radius 1 is 1.35 bits per heavy atom. The Kier molecular flexibility index (Phi) is 4.82. The molecule has 26 heavy (non-hydrogen) atoms. The topological polar surface area (TPSA) is 132 Å². The van der Waals surface area contributed by atoms with Crippen LogP contribution in [0.25, 0.3) is 11.0 Å². The van der Waals surface area contributed by atoms with E-state index in [4.69, 9.17) is 16.3 Å². The zero-order valence-corrected chi connectivity index (χ0v) is 15.3. The van der Waals surface area contributed by atoms with E-state index in [0.717, 1.165) is 4.90 Å². The number of carbonyl (C=O) groups is 1. The fourth-order valence-corrected chi connectivity index (χ4v) is 3.39. The van der Waals surface area contributed by atoms with Crippen LogP contribution in [0.3, 0.4) is 0 Å². The largest absolute Gasteiger partial charge is 0.444 e. The third-order valence-corrected chi connectivity index (χ3v) is 4.57. The smallest absolute Gasteiger partial charge is 0.411 e. The van der Waals surface area contributed by atoms with Gasteiger partial charge >= 0.3 is 6.09 Å². The Bertz CT molecular complexity index is 821. The van der Waals surface area contributed by atoms with E-state index in [9.17, 15) is 20.1 Å². The number of carbonyl (C=O) groups excluding carboxylic acids is 1. The quantitative estimate of drug-likeness (QED) is 0.567. The molecule has 1 aliphatic rings. The lowest BCUT2D eigenvalue weighted by atomic mass is 10.0. The van der Waals surface area contributed by atoms with Gasteiger partial charge in [0.2, 0.25) is 0 Å². The molecule has 3 rings (SSSR count). The van der Waals surface area contributed by atoms with E-state index in [0.29, 0.717) is 16.6 Å². The van der Waals surface area contributed by atoms with Gasteiger partial charge in [-0.1, -0.05) is 11.6 Å². The van der Waals surface area contributed by atoms with Crippen LogP contribution in [0.2, 0.25) is 5.15 Å². The summed E-state index contributed by atoms with van der Waals surface area (Å²) in [4.78, 5) is 24.8. The van der Waals surface area contributed by atoms with Crippen molar-refractivity contribution in [3.63, 3.8) is 0 Å². The highest BCUT2D eigenvalue weighted by Crippen LogP contribution is 2.40.